The molecule has 0 aliphatic heterocycles. The van der Waals surface area contributed by atoms with E-state index >= 15 is 0 Å². The number of unbranched alkanes of at least 4 members (excludes halogenated alkanes) is 1. The number of benzene rings is 1. The van der Waals surface area contributed by atoms with Gasteiger partial charge in [0, 0.05) is 26.3 Å². The molecule has 1 aromatic carbocycles. The van der Waals surface area contributed by atoms with E-state index in [0.29, 0.717) is 5.15 Å². The number of pyridine rings is 1. The summed E-state index contributed by atoms with van der Waals surface area (Å²) in [6.45, 7) is 1.70. The van der Waals surface area contributed by atoms with Crippen LogP contribution in [0.15, 0.2) is 47.6 Å². The molecule has 0 saturated heterocycles. The lowest BCUT2D eigenvalue weighted by molar-refractivity contribution is 0.414. The lowest BCUT2D eigenvalue weighted by atomic mass is 10.1. The first-order valence-corrected chi connectivity index (χ1v) is 9.27. The minimum absolute atomic E-state index is 0.522. The molecule has 0 aliphatic rings. The highest BCUT2D eigenvalue weighted by Crippen LogP contribution is 2.13. The number of hydrogen-bond acceptors (Lipinski definition) is 3. The number of ether oxygens (including phenoxy) is 1. The molecule has 2 rings (SSSR count). The van der Waals surface area contributed by atoms with Crippen LogP contribution >= 0.6 is 11.6 Å². The van der Waals surface area contributed by atoms with Crippen molar-refractivity contribution in [2.45, 2.75) is 25.7 Å². The van der Waals surface area contributed by atoms with Crippen LogP contribution in [0.4, 0.5) is 0 Å². The normalized spacial score (nSPS) is 11.3. The standard InChI is InChI=1S/C20H27ClN4O/c1-22-20(24-14-12-17-8-11-19(21)25-15-17)23-13-4-3-5-16-6-9-18(26-2)10-7-16/h6-11,15H,3-5,12-14H2,1-2H3,(H2,22,23,24). The van der Waals surface area contributed by atoms with Crippen LogP contribution in [0, 0.1) is 0 Å². The number of halogens is 1. The molecule has 1 heterocycles. The molecule has 0 fully saturated rings. The van der Waals surface area contributed by atoms with E-state index in [4.69, 9.17) is 16.3 Å². The first-order valence-electron chi connectivity index (χ1n) is 8.89. The van der Waals surface area contributed by atoms with Crippen LogP contribution in [0.1, 0.15) is 24.0 Å². The molecule has 1 aromatic heterocycles. The molecule has 140 valence electrons. The van der Waals surface area contributed by atoms with E-state index in [1.54, 1.807) is 20.4 Å². The Kier molecular flexibility index (Phi) is 8.76. The quantitative estimate of drug-likeness (QED) is 0.305. The van der Waals surface area contributed by atoms with Crippen molar-refractivity contribution in [2.75, 3.05) is 27.2 Å². The van der Waals surface area contributed by atoms with Crippen molar-refractivity contribution in [3.63, 3.8) is 0 Å². The Morgan fingerprint density at radius 1 is 1.00 bits per heavy atom. The highest BCUT2D eigenvalue weighted by atomic mass is 35.5. The van der Waals surface area contributed by atoms with Gasteiger partial charge in [-0.15, -0.1) is 0 Å². The average Bonchev–Trinajstić information content (AvgIpc) is 2.68. The first-order chi connectivity index (χ1) is 12.7. The van der Waals surface area contributed by atoms with Gasteiger partial charge in [0.2, 0.25) is 0 Å². The molecule has 26 heavy (non-hydrogen) atoms. The minimum Gasteiger partial charge on any atom is -0.497 e. The smallest absolute Gasteiger partial charge is 0.190 e. The van der Waals surface area contributed by atoms with Crippen molar-refractivity contribution in [3.05, 3.63) is 58.9 Å². The van der Waals surface area contributed by atoms with Crippen LogP contribution in [-0.2, 0) is 12.8 Å². The number of nitrogens with zero attached hydrogens (tertiary/aromatic N) is 2. The van der Waals surface area contributed by atoms with E-state index in [-0.39, 0.29) is 0 Å². The maximum Gasteiger partial charge on any atom is 0.190 e. The van der Waals surface area contributed by atoms with E-state index in [1.807, 2.05) is 24.3 Å². The van der Waals surface area contributed by atoms with E-state index < -0.39 is 0 Å². The van der Waals surface area contributed by atoms with Gasteiger partial charge in [0.1, 0.15) is 10.9 Å². The second-order valence-electron chi connectivity index (χ2n) is 5.97. The van der Waals surface area contributed by atoms with Crippen LogP contribution in [0.2, 0.25) is 5.15 Å². The van der Waals surface area contributed by atoms with Gasteiger partial charge in [-0.1, -0.05) is 29.8 Å². The maximum atomic E-state index is 5.79. The summed E-state index contributed by atoms with van der Waals surface area (Å²) < 4.78 is 5.18. The van der Waals surface area contributed by atoms with Crippen LogP contribution < -0.4 is 15.4 Å². The summed E-state index contributed by atoms with van der Waals surface area (Å²) in [4.78, 5) is 8.34. The Morgan fingerprint density at radius 3 is 2.38 bits per heavy atom. The Morgan fingerprint density at radius 2 is 1.73 bits per heavy atom. The second kappa shape index (κ2) is 11.4. The van der Waals surface area contributed by atoms with Crippen molar-refractivity contribution in [2.24, 2.45) is 4.99 Å². The van der Waals surface area contributed by atoms with E-state index in [0.717, 1.165) is 56.0 Å². The van der Waals surface area contributed by atoms with Crippen molar-refractivity contribution in [1.29, 1.82) is 0 Å². The van der Waals surface area contributed by atoms with Gasteiger partial charge in [-0.05, 0) is 55.0 Å². The van der Waals surface area contributed by atoms with Crippen LogP contribution in [0.25, 0.3) is 0 Å². The molecular weight excluding hydrogens is 348 g/mol. The SMILES string of the molecule is CN=C(NCCCCc1ccc(OC)cc1)NCCc1ccc(Cl)nc1. The predicted molar refractivity (Wildman–Crippen MR) is 108 cm³/mol. The topological polar surface area (TPSA) is 58.5 Å². The zero-order chi connectivity index (χ0) is 18.6. The van der Waals surface area contributed by atoms with Gasteiger partial charge in [0.15, 0.2) is 5.96 Å². The highest BCUT2D eigenvalue weighted by Gasteiger charge is 1.99. The number of guanidine groups is 1. The van der Waals surface area contributed by atoms with E-state index in [1.165, 1.54) is 5.56 Å². The number of nitrogens with one attached hydrogen (secondary N) is 2. The third kappa shape index (κ3) is 7.31. The Hall–Kier alpha value is -2.27. The summed E-state index contributed by atoms with van der Waals surface area (Å²) >= 11 is 5.79. The van der Waals surface area contributed by atoms with Crippen molar-refractivity contribution < 1.29 is 4.74 Å². The van der Waals surface area contributed by atoms with Gasteiger partial charge in [0.05, 0.1) is 7.11 Å². The molecule has 0 spiro atoms. The highest BCUT2D eigenvalue weighted by molar-refractivity contribution is 6.29. The Balaban J connectivity index is 1.58. The summed E-state index contributed by atoms with van der Waals surface area (Å²) in [5.74, 6) is 1.73. The fourth-order valence-corrected chi connectivity index (χ4v) is 2.67. The van der Waals surface area contributed by atoms with Crippen LogP contribution in [0.5, 0.6) is 5.75 Å². The largest absolute Gasteiger partial charge is 0.497 e. The van der Waals surface area contributed by atoms with Crippen LogP contribution in [0.3, 0.4) is 0 Å². The molecule has 2 N–H and O–H groups in total. The molecule has 5 nitrogen and oxygen atoms in total. The first kappa shape index (κ1) is 20.0. The number of aliphatic imine (C=N–C) groups is 1. The van der Waals surface area contributed by atoms with Crippen molar-refractivity contribution in [1.82, 2.24) is 15.6 Å². The summed E-state index contributed by atoms with van der Waals surface area (Å²) in [5, 5.41) is 7.19. The van der Waals surface area contributed by atoms with Crippen molar-refractivity contribution in [3.8, 4) is 5.75 Å². The molecule has 0 bridgehead atoms. The van der Waals surface area contributed by atoms with Gasteiger partial charge >= 0.3 is 0 Å². The maximum absolute atomic E-state index is 5.79. The molecule has 0 saturated carbocycles. The van der Waals surface area contributed by atoms with Gasteiger partial charge in [-0.25, -0.2) is 4.98 Å². The molecular formula is C20H27ClN4O. The number of hydrogen-bond donors (Lipinski definition) is 2. The summed E-state index contributed by atoms with van der Waals surface area (Å²) in [6.07, 6.45) is 5.98. The van der Waals surface area contributed by atoms with Gasteiger partial charge < -0.3 is 15.4 Å². The fraction of sp³-hybridized carbons (Fsp3) is 0.400. The molecule has 0 unspecified atom stereocenters. The molecule has 6 heteroatoms. The summed E-state index contributed by atoms with van der Waals surface area (Å²) in [7, 11) is 3.48. The second-order valence-corrected chi connectivity index (χ2v) is 6.36. The average molecular weight is 375 g/mol. The van der Waals surface area contributed by atoms with Gasteiger partial charge in [0.25, 0.3) is 0 Å². The Bertz CT molecular complexity index is 671. The van der Waals surface area contributed by atoms with Gasteiger partial charge in [-0.2, -0.15) is 0 Å². The number of rotatable bonds is 9. The van der Waals surface area contributed by atoms with Crippen LogP contribution in [-0.4, -0.2) is 38.2 Å². The molecule has 0 radical (unpaired) electrons. The predicted octanol–water partition coefficient (Wildman–Crippen LogP) is 3.47. The molecule has 0 aliphatic carbocycles. The third-order valence-corrected chi connectivity index (χ3v) is 4.29. The zero-order valence-electron chi connectivity index (χ0n) is 15.5. The van der Waals surface area contributed by atoms with E-state index in [9.17, 15) is 0 Å². The minimum atomic E-state index is 0.522. The molecule has 0 amide bonds. The third-order valence-electron chi connectivity index (χ3n) is 4.06. The van der Waals surface area contributed by atoms with Crippen molar-refractivity contribution >= 4 is 17.6 Å². The molecule has 2 aromatic rings. The van der Waals surface area contributed by atoms with E-state index in [2.05, 4.69) is 32.7 Å². The Labute approximate surface area is 160 Å². The zero-order valence-corrected chi connectivity index (χ0v) is 16.2. The number of aromatic nitrogens is 1. The monoisotopic (exact) mass is 374 g/mol. The molecule has 0 atom stereocenters. The summed E-state index contributed by atoms with van der Waals surface area (Å²) in [5.41, 5.74) is 2.49. The fourth-order valence-electron chi connectivity index (χ4n) is 2.55. The summed E-state index contributed by atoms with van der Waals surface area (Å²) in [6, 6.07) is 12.1. The van der Waals surface area contributed by atoms with Gasteiger partial charge in [-0.3, -0.25) is 4.99 Å². The number of methoxy groups -OCH3 is 1. The lowest BCUT2D eigenvalue weighted by Gasteiger charge is -2.12. The lowest BCUT2D eigenvalue weighted by Crippen LogP contribution is -2.38. The number of aryl methyl sites for hydroxylation is 1.